The van der Waals surface area contributed by atoms with Crippen molar-refractivity contribution in [1.82, 2.24) is 9.72 Å². The molecular formula is C10H10N2O2. The van der Waals surface area contributed by atoms with Crippen molar-refractivity contribution in [3.05, 3.63) is 35.3 Å². The number of hydrogen-bond donors (Lipinski definition) is 0. The molecule has 0 aliphatic rings. The number of carbonyl (C=O) groups excluding carboxylic acids is 1. The Morgan fingerprint density at radius 1 is 1.50 bits per heavy atom. The van der Waals surface area contributed by atoms with E-state index in [9.17, 15) is 4.79 Å². The van der Waals surface area contributed by atoms with E-state index in [-0.39, 0.29) is 0 Å². The zero-order valence-corrected chi connectivity index (χ0v) is 8.02. The van der Waals surface area contributed by atoms with Gasteiger partial charge < -0.3 is 4.52 Å². The fourth-order valence-electron chi connectivity index (χ4n) is 1.30. The lowest BCUT2D eigenvalue weighted by molar-refractivity contribution is 0.111. The molecule has 0 N–H and O–H groups in total. The van der Waals surface area contributed by atoms with Gasteiger partial charge in [0.25, 0.3) is 0 Å². The Kier molecular flexibility index (Phi) is 1.96. The number of nitrogens with zero attached hydrogens (tertiary/aromatic N) is 2. The second-order valence-electron chi connectivity index (χ2n) is 3.12. The van der Waals surface area contributed by atoms with E-state index in [1.165, 1.54) is 0 Å². The first-order valence-electron chi connectivity index (χ1n) is 4.30. The quantitative estimate of drug-likeness (QED) is 0.679. The molecule has 2 rings (SSSR count). The van der Waals surface area contributed by atoms with E-state index in [2.05, 4.69) is 5.16 Å². The van der Waals surface area contributed by atoms with E-state index in [0.29, 0.717) is 11.6 Å². The molecule has 0 aliphatic heterocycles. The smallest absolute Gasteiger partial charge is 0.239 e. The number of rotatable bonds is 2. The zero-order chi connectivity index (χ0) is 10.1. The summed E-state index contributed by atoms with van der Waals surface area (Å²) in [6.45, 7) is 3.78. The molecular weight excluding hydrogens is 180 g/mol. The highest BCUT2D eigenvalue weighted by molar-refractivity contribution is 5.73. The number of aromatic nitrogens is 2. The van der Waals surface area contributed by atoms with E-state index >= 15 is 0 Å². The van der Waals surface area contributed by atoms with Crippen LogP contribution in [0.3, 0.4) is 0 Å². The predicted octanol–water partition coefficient (Wildman–Crippen LogP) is 1.89. The minimum atomic E-state index is 0.559. The van der Waals surface area contributed by atoms with Crippen LogP contribution in [0.2, 0.25) is 0 Å². The molecule has 4 nitrogen and oxygen atoms in total. The van der Waals surface area contributed by atoms with Gasteiger partial charge in [0.15, 0.2) is 6.29 Å². The van der Waals surface area contributed by atoms with E-state index in [1.807, 2.05) is 13.8 Å². The lowest BCUT2D eigenvalue weighted by Gasteiger charge is -1.99. The van der Waals surface area contributed by atoms with E-state index in [4.69, 9.17) is 4.52 Å². The fourth-order valence-corrected chi connectivity index (χ4v) is 1.30. The molecule has 0 radical (unpaired) electrons. The molecule has 0 unspecified atom stereocenters. The highest BCUT2D eigenvalue weighted by Crippen LogP contribution is 2.18. The van der Waals surface area contributed by atoms with Gasteiger partial charge in [-0.2, -0.15) is 0 Å². The molecule has 0 aliphatic carbocycles. The van der Waals surface area contributed by atoms with E-state index < -0.39 is 0 Å². The van der Waals surface area contributed by atoms with Crippen molar-refractivity contribution >= 4 is 6.29 Å². The topological polar surface area (TPSA) is 48.0 Å². The molecule has 0 atom stereocenters. The predicted molar refractivity (Wildman–Crippen MR) is 50.7 cm³/mol. The molecule has 0 spiro atoms. The van der Waals surface area contributed by atoms with Crippen LogP contribution in [0.15, 0.2) is 22.9 Å². The molecule has 4 heteroatoms. The lowest BCUT2D eigenvalue weighted by atomic mass is 10.3. The third kappa shape index (κ3) is 1.16. The second kappa shape index (κ2) is 3.14. The van der Waals surface area contributed by atoms with Crippen molar-refractivity contribution in [1.29, 1.82) is 0 Å². The maximum Gasteiger partial charge on any atom is 0.239 e. The fraction of sp³-hybridized carbons (Fsp3) is 0.200. The molecule has 2 heterocycles. The Bertz CT molecular complexity index is 468. The summed E-state index contributed by atoms with van der Waals surface area (Å²) in [4.78, 5) is 10.7. The summed E-state index contributed by atoms with van der Waals surface area (Å²) in [7, 11) is 0. The molecule has 0 fully saturated rings. The Morgan fingerprint density at radius 3 is 2.86 bits per heavy atom. The van der Waals surface area contributed by atoms with E-state index in [1.54, 1.807) is 22.9 Å². The number of hydrogen-bond acceptors (Lipinski definition) is 3. The summed E-state index contributed by atoms with van der Waals surface area (Å²) in [5.41, 5.74) is 2.35. The van der Waals surface area contributed by atoms with Crippen LogP contribution in [0.4, 0.5) is 0 Å². The van der Waals surface area contributed by atoms with Crippen LogP contribution >= 0.6 is 0 Å². The highest BCUT2D eigenvalue weighted by atomic mass is 16.5. The van der Waals surface area contributed by atoms with Gasteiger partial charge in [0.05, 0.1) is 11.4 Å². The summed E-state index contributed by atoms with van der Waals surface area (Å²) < 4.78 is 6.82. The molecule has 0 saturated carbocycles. The van der Waals surface area contributed by atoms with Gasteiger partial charge in [0, 0.05) is 11.8 Å². The van der Waals surface area contributed by atoms with Crippen molar-refractivity contribution in [2.24, 2.45) is 0 Å². The molecule has 0 saturated heterocycles. The van der Waals surface area contributed by atoms with Crippen LogP contribution in [0.1, 0.15) is 21.7 Å². The minimum Gasteiger partial charge on any atom is -0.337 e. The van der Waals surface area contributed by atoms with Gasteiger partial charge in [-0.15, -0.1) is 0 Å². The Labute approximate surface area is 81.1 Å². The summed E-state index contributed by atoms with van der Waals surface area (Å²) >= 11 is 0. The summed E-state index contributed by atoms with van der Waals surface area (Å²) in [6.07, 6.45) is 2.56. The van der Waals surface area contributed by atoms with Crippen LogP contribution in [0, 0.1) is 13.8 Å². The monoisotopic (exact) mass is 190 g/mol. The van der Waals surface area contributed by atoms with Crippen molar-refractivity contribution in [3.63, 3.8) is 0 Å². The number of aryl methyl sites for hydroxylation is 1. The number of aldehydes is 1. The third-order valence-corrected chi connectivity index (χ3v) is 2.25. The van der Waals surface area contributed by atoms with Gasteiger partial charge in [-0.1, -0.05) is 5.16 Å². The first-order chi connectivity index (χ1) is 6.74. The molecule has 0 bridgehead atoms. The maximum atomic E-state index is 10.7. The van der Waals surface area contributed by atoms with Crippen LogP contribution in [0.5, 0.6) is 0 Å². The first-order valence-corrected chi connectivity index (χ1v) is 4.30. The van der Waals surface area contributed by atoms with Crippen LogP contribution < -0.4 is 0 Å². The molecule has 2 aromatic rings. The van der Waals surface area contributed by atoms with Crippen molar-refractivity contribution in [2.75, 3.05) is 0 Å². The zero-order valence-electron chi connectivity index (χ0n) is 8.02. The second-order valence-corrected chi connectivity index (χ2v) is 3.12. The van der Waals surface area contributed by atoms with Gasteiger partial charge in [0.1, 0.15) is 0 Å². The average molecular weight is 190 g/mol. The van der Waals surface area contributed by atoms with Crippen LogP contribution in [-0.4, -0.2) is 16.0 Å². The van der Waals surface area contributed by atoms with Gasteiger partial charge in [-0.3, -0.25) is 9.36 Å². The van der Waals surface area contributed by atoms with Crippen molar-refractivity contribution in [2.45, 2.75) is 13.8 Å². The van der Waals surface area contributed by atoms with Gasteiger partial charge in [-0.25, -0.2) is 0 Å². The van der Waals surface area contributed by atoms with Crippen molar-refractivity contribution in [3.8, 4) is 5.88 Å². The highest BCUT2D eigenvalue weighted by Gasteiger charge is 2.12. The van der Waals surface area contributed by atoms with Gasteiger partial charge >= 0.3 is 0 Å². The minimum absolute atomic E-state index is 0.559. The van der Waals surface area contributed by atoms with Gasteiger partial charge in [0.2, 0.25) is 5.88 Å². The maximum absolute atomic E-state index is 10.7. The van der Waals surface area contributed by atoms with Crippen LogP contribution in [0.25, 0.3) is 5.88 Å². The molecule has 14 heavy (non-hydrogen) atoms. The summed E-state index contributed by atoms with van der Waals surface area (Å²) in [5, 5.41) is 3.84. The van der Waals surface area contributed by atoms with Crippen LogP contribution in [-0.2, 0) is 0 Å². The summed E-state index contributed by atoms with van der Waals surface area (Å²) in [6, 6.07) is 3.52. The SMILES string of the molecule is Cc1noc(-n2cccc2C=O)c1C. The van der Waals surface area contributed by atoms with Gasteiger partial charge in [-0.05, 0) is 26.0 Å². The van der Waals surface area contributed by atoms with E-state index in [0.717, 1.165) is 17.5 Å². The lowest BCUT2D eigenvalue weighted by Crippen LogP contribution is -1.97. The molecule has 0 aromatic carbocycles. The molecule has 2 aromatic heterocycles. The molecule has 72 valence electrons. The largest absolute Gasteiger partial charge is 0.337 e. The third-order valence-electron chi connectivity index (χ3n) is 2.25. The number of carbonyl (C=O) groups is 1. The van der Waals surface area contributed by atoms with Crippen molar-refractivity contribution < 1.29 is 9.32 Å². The molecule has 0 amide bonds. The first kappa shape index (κ1) is 8.74. The standard InChI is InChI=1S/C10H10N2O2/c1-7-8(2)11-14-10(7)12-5-3-4-9(12)6-13/h3-6H,1-2H3. The Morgan fingerprint density at radius 2 is 2.29 bits per heavy atom. The summed E-state index contributed by atoms with van der Waals surface area (Å²) in [5.74, 6) is 0.606. The normalized spacial score (nSPS) is 10.4. The Hall–Kier alpha value is -1.84. The Balaban J connectivity index is 2.59. The average Bonchev–Trinajstić information content (AvgIpc) is 2.75.